The van der Waals surface area contributed by atoms with Crippen molar-refractivity contribution in [2.75, 3.05) is 5.43 Å². The molecule has 0 aliphatic carbocycles. The van der Waals surface area contributed by atoms with Crippen LogP contribution in [0.1, 0.15) is 34.8 Å². The van der Waals surface area contributed by atoms with Gasteiger partial charge in [-0.3, -0.25) is 4.79 Å². The minimum Gasteiger partial charge on any atom is -0.343 e. The third-order valence-corrected chi connectivity index (χ3v) is 3.53. The fourth-order valence-electron chi connectivity index (χ4n) is 1.60. The van der Waals surface area contributed by atoms with Gasteiger partial charge in [0.25, 0.3) is 5.91 Å². The number of pyridine rings is 1. The van der Waals surface area contributed by atoms with Crippen molar-refractivity contribution >= 4 is 23.1 Å². The lowest BCUT2D eigenvalue weighted by Crippen LogP contribution is -2.28. The summed E-state index contributed by atoms with van der Waals surface area (Å²) in [7, 11) is 0. The number of hydrazine groups is 1. The Hall–Kier alpha value is -1.99. The summed E-state index contributed by atoms with van der Waals surface area (Å²) < 4.78 is 0. The van der Waals surface area contributed by atoms with E-state index in [1.165, 1.54) is 17.5 Å². The Kier molecular flexibility index (Phi) is 4.43. The van der Waals surface area contributed by atoms with Gasteiger partial charge in [-0.25, -0.2) is 15.8 Å². The predicted octanol–water partition coefficient (Wildman–Crippen LogP) is 1.70. The van der Waals surface area contributed by atoms with Crippen LogP contribution < -0.4 is 16.6 Å². The highest BCUT2D eigenvalue weighted by molar-refractivity contribution is 7.09. The maximum atomic E-state index is 12.1. The van der Waals surface area contributed by atoms with Gasteiger partial charge < -0.3 is 10.7 Å². The van der Waals surface area contributed by atoms with E-state index in [9.17, 15) is 4.79 Å². The van der Waals surface area contributed by atoms with Crippen molar-refractivity contribution < 1.29 is 4.79 Å². The average molecular weight is 277 g/mol. The Morgan fingerprint density at radius 3 is 2.84 bits per heavy atom. The molecule has 1 unspecified atom stereocenters. The lowest BCUT2D eigenvalue weighted by molar-refractivity contribution is 0.0935. The van der Waals surface area contributed by atoms with Gasteiger partial charge in [-0.05, 0) is 18.6 Å². The standard InChI is InChI=1S/C12H15N5OS/c1-2-9(12-14-5-6-19-12)16-11(18)8-3-4-10(17-13)15-7-8/h3-7,9H,2,13H2,1H3,(H,15,17)(H,16,18). The van der Waals surface area contributed by atoms with Crippen LogP contribution in [0.3, 0.4) is 0 Å². The normalized spacial score (nSPS) is 11.9. The Balaban J connectivity index is 2.06. The van der Waals surface area contributed by atoms with Gasteiger partial charge in [0.1, 0.15) is 10.8 Å². The Labute approximate surface area is 115 Å². The number of anilines is 1. The molecule has 1 amide bonds. The van der Waals surface area contributed by atoms with E-state index in [0.29, 0.717) is 11.4 Å². The third-order valence-electron chi connectivity index (χ3n) is 2.64. The van der Waals surface area contributed by atoms with Crippen LogP contribution in [0.25, 0.3) is 0 Å². The van der Waals surface area contributed by atoms with Crippen LogP contribution in [-0.4, -0.2) is 15.9 Å². The van der Waals surface area contributed by atoms with Gasteiger partial charge in [0, 0.05) is 17.8 Å². The van der Waals surface area contributed by atoms with Crippen molar-refractivity contribution in [3.63, 3.8) is 0 Å². The highest BCUT2D eigenvalue weighted by Gasteiger charge is 2.16. The van der Waals surface area contributed by atoms with Crippen LogP contribution >= 0.6 is 11.3 Å². The van der Waals surface area contributed by atoms with Crippen LogP contribution in [-0.2, 0) is 0 Å². The van der Waals surface area contributed by atoms with Crippen molar-refractivity contribution in [2.45, 2.75) is 19.4 Å². The summed E-state index contributed by atoms with van der Waals surface area (Å²) in [6.07, 6.45) is 4.01. The van der Waals surface area contributed by atoms with E-state index < -0.39 is 0 Å². The van der Waals surface area contributed by atoms with Gasteiger partial charge >= 0.3 is 0 Å². The Bertz CT molecular complexity index is 526. The van der Waals surface area contributed by atoms with E-state index in [-0.39, 0.29) is 11.9 Å². The molecule has 0 saturated heterocycles. The maximum Gasteiger partial charge on any atom is 0.253 e. The molecule has 6 nitrogen and oxygen atoms in total. The molecule has 4 N–H and O–H groups in total. The molecule has 2 heterocycles. The average Bonchev–Trinajstić information content (AvgIpc) is 2.98. The van der Waals surface area contributed by atoms with E-state index in [0.717, 1.165) is 11.4 Å². The first-order chi connectivity index (χ1) is 9.24. The summed E-state index contributed by atoms with van der Waals surface area (Å²) in [5.41, 5.74) is 2.91. The number of nitrogens with zero attached hydrogens (tertiary/aromatic N) is 2. The lowest BCUT2D eigenvalue weighted by atomic mass is 10.2. The number of thiazole rings is 1. The fraction of sp³-hybridized carbons (Fsp3) is 0.250. The molecule has 0 bridgehead atoms. The summed E-state index contributed by atoms with van der Waals surface area (Å²) in [5.74, 6) is 5.57. The second-order valence-corrected chi connectivity index (χ2v) is 4.81. The molecule has 2 aromatic heterocycles. The van der Waals surface area contributed by atoms with Gasteiger partial charge in [0.2, 0.25) is 0 Å². The number of carbonyl (C=O) groups is 1. The smallest absolute Gasteiger partial charge is 0.253 e. The lowest BCUT2D eigenvalue weighted by Gasteiger charge is -2.14. The van der Waals surface area contributed by atoms with Crippen LogP contribution in [0.15, 0.2) is 29.9 Å². The maximum absolute atomic E-state index is 12.1. The molecule has 0 spiro atoms. The molecule has 0 aliphatic rings. The molecule has 0 saturated carbocycles. The highest BCUT2D eigenvalue weighted by atomic mass is 32.1. The number of amides is 1. The van der Waals surface area contributed by atoms with E-state index in [2.05, 4.69) is 20.7 Å². The number of rotatable bonds is 5. The first-order valence-corrected chi connectivity index (χ1v) is 6.75. The molecule has 7 heteroatoms. The zero-order valence-electron chi connectivity index (χ0n) is 10.5. The molecule has 100 valence electrons. The van der Waals surface area contributed by atoms with E-state index in [1.807, 2.05) is 12.3 Å². The minimum absolute atomic E-state index is 0.0696. The molecule has 0 radical (unpaired) electrons. The van der Waals surface area contributed by atoms with E-state index >= 15 is 0 Å². The van der Waals surface area contributed by atoms with Crippen LogP contribution in [0.2, 0.25) is 0 Å². The van der Waals surface area contributed by atoms with Crippen LogP contribution in [0, 0.1) is 0 Å². The number of nitrogen functional groups attached to an aromatic ring is 1. The summed E-state index contributed by atoms with van der Waals surface area (Å²) >= 11 is 1.53. The zero-order chi connectivity index (χ0) is 13.7. The molecule has 1 atom stereocenters. The van der Waals surface area contributed by atoms with Gasteiger partial charge in [-0.1, -0.05) is 6.92 Å². The SMILES string of the molecule is CCC(NC(=O)c1ccc(NN)nc1)c1nccs1. The monoisotopic (exact) mass is 277 g/mol. The summed E-state index contributed by atoms with van der Waals surface area (Å²) in [5, 5.41) is 5.74. The van der Waals surface area contributed by atoms with Crippen molar-refractivity contribution in [2.24, 2.45) is 5.84 Å². The number of carbonyl (C=O) groups excluding carboxylic acids is 1. The fourth-order valence-corrected chi connectivity index (χ4v) is 2.37. The Morgan fingerprint density at radius 1 is 1.47 bits per heavy atom. The zero-order valence-corrected chi connectivity index (χ0v) is 11.3. The van der Waals surface area contributed by atoms with Crippen molar-refractivity contribution in [1.29, 1.82) is 0 Å². The molecule has 0 aliphatic heterocycles. The number of aromatic nitrogens is 2. The third kappa shape index (κ3) is 3.27. The van der Waals surface area contributed by atoms with Gasteiger partial charge in [-0.2, -0.15) is 0 Å². The molecule has 2 aromatic rings. The second-order valence-electron chi connectivity index (χ2n) is 3.88. The first-order valence-electron chi connectivity index (χ1n) is 5.87. The quantitative estimate of drug-likeness (QED) is 0.571. The minimum atomic E-state index is -0.168. The van der Waals surface area contributed by atoms with E-state index in [1.54, 1.807) is 18.3 Å². The van der Waals surface area contributed by atoms with Gasteiger partial charge in [0.05, 0.1) is 11.6 Å². The summed E-state index contributed by atoms with van der Waals surface area (Å²) in [4.78, 5) is 20.3. The predicted molar refractivity (Wildman–Crippen MR) is 74.7 cm³/mol. The molecule has 0 fully saturated rings. The summed E-state index contributed by atoms with van der Waals surface area (Å²) in [6, 6.07) is 3.26. The van der Waals surface area contributed by atoms with Crippen molar-refractivity contribution in [1.82, 2.24) is 15.3 Å². The van der Waals surface area contributed by atoms with Crippen LogP contribution in [0.4, 0.5) is 5.82 Å². The number of nitrogens with one attached hydrogen (secondary N) is 2. The number of hydrogen-bond donors (Lipinski definition) is 3. The summed E-state index contributed by atoms with van der Waals surface area (Å²) in [6.45, 7) is 2.01. The van der Waals surface area contributed by atoms with Crippen molar-refractivity contribution in [3.05, 3.63) is 40.5 Å². The van der Waals surface area contributed by atoms with Gasteiger partial charge in [-0.15, -0.1) is 11.3 Å². The molecular formula is C12H15N5OS. The van der Waals surface area contributed by atoms with Crippen molar-refractivity contribution in [3.8, 4) is 0 Å². The highest BCUT2D eigenvalue weighted by Crippen LogP contribution is 2.19. The number of hydrogen-bond acceptors (Lipinski definition) is 6. The topological polar surface area (TPSA) is 92.9 Å². The van der Waals surface area contributed by atoms with E-state index in [4.69, 9.17) is 5.84 Å². The first kappa shape index (κ1) is 13.4. The number of nitrogens with two attached hydrogens (primary N) is 1. The Morgan fingerprint density at radius 2 is 2.32 bits per heavy atom. The molecule has 2 rings (SSSR count). The molecule has 0 aromatic carbocycles. The largest absolute Gasteiger partial charge is 0.343 e. The molecule has 19 heavy (non-hydrogen) atoms. The molecular weight excluding hydrogens is 262 g/mol. The second kappa shape index (κ2) is 6.26. The van der Waals surface area contributed by atoms with Crippen LogP contribution in [0.5, 0.6) is 0 Å². The van der Waals surface area contributed by atoms with Gasteiger partial charge in [0.15, 0.2) is 0 Å².